The second-order valence-corrected chi connectivity index (χ2v) is 1.34. The molecule has 0 aliphatic carbocycles. The molecule has 0 aliphatic heterocycles. The predicted octanol–water partition coefficient (Wildman–Crippen LogP) is -1.44. The van der Waals surface area contributed by atoms with Gasteiger partial charge in [-0.1, -0.05) is 0 Å². The van der Waals surface area contributed by atoms with Crippen molar-refractivity contribution in [2.45, 2.75) is 0 Å². The van der Waals surface area contributed by atoms with Crippen LogP contribution in [0, 0.1) is 91.9 Å². The molecule has 0 aromatic carbocycles. The van der Waals surface area contributed by atoms with E-state index >= 15 is 0 Å². The smallest absolute Gasteiger partial charge is 0.356 e. The van der Waals surface area contributed by atoms with E-state index in [9.17, 15) is 0 Å². The van der Waals surface area contributed by atoms with E-state index in [1.807, 2.05) is 0 Å². The van der Waals surface area contributed by atoms with Crippen LogP contribution in [0.2, 0.25) is 0 Å². The quantitative estimate of drug-likeness (QED) is 0.163. The molecule has 0 aromatic heterocycles. The molecule has 0 rings (SSSR count). The summed E-state index contributed by atoms with van der Waals surface area (Å²) >= 11 is 0. The Balaban J connectivity index is -0.0000000245. The molecule has 0 fully saturated rings. The van der Waals surface area contributed by atoms with Gasteiger partial charge in [0.25, 0.3) is 0 Å². The van der Waals surface area contributed by atoms with Crippen LogP contribution in [0.1, 0.15) is 0 Å². The van der Waals surface area contributed by atoms with E-state index in [0.717, 1.165) is 0 Å². The van der Waals surface area contributed by atoms with Gasteiger partial charge in [-0.15, -0.1) is 0 Å². The van der Waals surface area contributed by atoms with Crippen LogP contribution in [0.4, 0.5) is 0 Å². The Morgan fingerprint density at radius 1 is 0.308 bits per heavy atom. The fourth-order valence-electron chi connectivity index (χ4n) is 0. The van der Waals surface area contributed by atoms with E-state index < -0.39 is 30.5 Å². The molecule has 26 heteroatoms. The van der Waals surface area contributed by atoms with E-state index in [2.05, 4.69) is 0 Å². The van der Waals surface area contributed by atoms with Crippen LogP contribution in [-0.4, -0.2) is 30.5 Å². The molecule has 24 nitrogen and oxygen atoms in total. The predicted molar refractivity (Wildman–Crippen MR) is 62.2 cm³/mol. The zero-order valence-corrected chi connectivity index (χ0v) is 15.5. The van der Waals surface area contributed by atoms with E-state index in [1.54, 1.807) is 0 Å². The van der Waals surface area contributed by atoms with Gasteiger partial charge < -0.3 is 91.9 Å². The van der Waals surface area contributed by atoms with Crippen LogP contribution in [0.25, 0.3) is 0 Å². The third-order valence-corrected chi connectivity index (χ3v) is 0. The molecular weight excluding hydrogens is 661 g/mol. The molecule has 154 valence electrons. The Hall–Kier alpha value is -3.32. The van der Waals surface area contributed by atoms with Crippen LogP contribution in [0.3, 0.4) is 0 Å². The average Bonchev–Trinajstić information content (AvgIpc) is 2.08. The Morgan fingerprint density at radius 2 is 0.308 bits per heavy atom. The van der Waals surface area contributed by atoms with Gasteiger partial charge in [0, 0.05) is 0 Å². The SMILES string of the molecule is O=[N+]([O-])[O-].O=[N+]([O-])[O-].O=[N+]([O-])[O-].O=[N+]([O-])[O-].O=[N+]([O-])[O-].O=[N+]([O-])[O-].[Ag+].[Ta+5]. The van der Waals surface area contributed by atoms with Crippen molar-refractivity contribution in [1.29, 1.82) is 0 Å². The second-order valence-electron chi connectivity index (χ2n) is 1.34. The molecule has 0 N–H and O–H groups in total. The standard InChI is InChI=1S/Ag.6NO3.Ta/c;6*2-1(3)4;/q+1;6*-1;+5. The van der Waals surface area contributed by atoms with Crippen LogP contribution < -0.4 is 0 Å². The molecule has 0 unspecified atom stereocenters. The number of hydrogen-bond acceptors (Lipinski definition) is 18. The maximum Gasteiger partial charge on any atom is 5.00 e. The van der Waals surface area contributed by atoms with E-state index in [4.69, 9.17) is 91.9 Å². The van der Waals surface area contributed by atoms with Gasteiger partial charge in [0.1, 0.15) is 0 Å². The van der Waals surface area contributed by atoms with E-state index in [1.165, 1.54) is 0 Å². The summed E-state index contributed by atoms with van der Waals surface area (Å²) in [6.07, 6.45) is 0. The number of nitrogens with zero attached hydrogens (tertiary/aromatic N) is 6. The molecule has 0 heterocycles. The molecule has 0 saturated carbocycles. The Labute approximate surface area is 167 Å². The molecule has 0 aliphatic rings. The summed E-state index contributed by atoms with van der Waals surface area (Å²) in [5.74, 6) is 0. The third-order valence-electron chi connectivity index (χ3n) is 0. The molecule has 0 amide bonds. The first-order valence-corrected chi connectivity index (χ1v) is 3.29. The zero-order chi connectivity index (χ0) is 21.5. The van der Waals surface area contributed by atoms with Crippen molar-refractivity contribution in [3.63, 3.8) is 0 Å². The number of rotatable bonds is 0. The fourth-order valence-corrected chi connectivity index (χ4v) is 0. The Bertz CT molecular complexity index is 263. The van der Waals surface area contributed by atoms with Gasteiger partial charge in [0.2, 0.25) is 0 Å². The molecular formula is AgN6O18Ta. The molecule has 26 heavy (non-hydrogen) atoms. The molecule has 0 radical (unpaired) electrons. The van der Waals surface area contributed by atoms with Gasteiger partial charge in [-0.05, 0) is 0 Å². The minimum absolute atomic E-state index is 0. The summed E-state index contributed by atoms with van der Waals surface area (Å²) in [5, 5.41) is 88.5. The molecule has 0 spiro atoms. The van der Waals surface area contributed by atoms with Crippen molar-refractivity contribution < 1.29 is 75.3 Å². The van der Waals surface area contributed by atoms with Crippen LogP contribution in [0.5, 0.6) is 0 Å². The van der Waals surface area contributed by atoms with E-state index in [-0.39, 0.29) is 44.8 Å². The first-order chi connectivity index (χ1) is 10.4. The van der Waals surface area contributed by atoms with E-state index in [0.29, 0.717) is 0 Å². The fraction of sp³-hybridized carbons (Fsp3) is 0. The van der Waals surface area contributed by atoms with Gasteiger partial charge >= 0.3 is 44.8 Å². The summed E-state index contributed by atoms with van der Waals surface area (Å²) in [4.78, 5) is 49.5. The first-order valence-electron chi connectivity index (χ1n) is 3.29. The van der Waals surface area contributed by atoms with Gasteiger partial charge in [0.05, 0.1) is 30.5 Å². The van der Waals surface area contributed by atoms with Gasteiger partial charge in [0.15, 0.2) is 0 Å². The van der Waals surface area contributed by atoms with Crippen molar-refractivity contribution in [3.8, 4) is 0 Å². The molecule has 0 atom stereocenters. The Morgan fingerprint density at radius 3 is 0.308 bits per heavy atom. The van der Waals surface area contributed by atoms with Crippen molar-refractivity contribution in [2.24, 2.45) is 0 Å². The summed E-state index contributed by atoms with van der Waals surface area (Å²) in [6.45, 7) is 0. The molecule has 0 bridgehead atoms. The van der Waals surface area contributed by atoms with Gasteiger partial charge in [-0.2, -0.15) is 0 Å². The third kappa shape index (κ3) is 727. The maximum atomic E-state index is 8.25. The summed E-state index contributed by atoms with van der Waals surface area (Å²) < 4.78 is 0. The van der Waals surface area contributed by atoms with Gasteiger partial charge in [-0.3, -0.25) is 0 Å². The minimum atomic E-state index is -1.75. The molecule has 0 saturated heterocycles. The Kier molecular flexibility index (Phi) is 81.9. The van der Waals surface area contributed by atoms with Crippen molar-refractivity contribution in [2.75, 3.05) is 0 Å². The van der Waals surface area contributed by atoms with Crippen LogP contribution in [0.15, 0.2) is 0 Å². The second kappa shape index (κ2) is 43.0. The van der Waals surface area contributed by atoms with Gasteiger partial charge in [-0.25, -0.2) is 0 Å². The van der Waals surface area contributed by atoms with Crippen molar-refractivity contribution >= 4 is 0 Å². The summed E-state index contributed by atoms with van der Waals surface area (Å²) in [6, 6.07) is 0. The normalized spacial score (nSPS) is 5.54. The minimum Gasteiger partial charge on any atom is -0.356 e. The topological polar surface area (TPSA) is 397 Å². The first kappa shape index (κ1) is 49.5. The maximum absolute atomic E-state index is 8.25. The largest absolute Gasteiger partial charge is 5.00 e. The molecule has 0 aromatic rings. The number of hydrogen-bond donors (Lipinski definition) is 0. The van der Waals surface area contributed by atoms with Crippen LogP contribution >= 0.6 is 0 Å². The summed E-state index contributed by atoms with van der Waals surface area (Å²) in [7, 11) is 0. The monoisotopic (exact) mass is 660 g/mol. The summed E-state index contributed by atoms with van der Waals surface area (Å²) in [5.41, 5.74) is 0. The zero-order valence-electron chi connectivity index (χ0n) is 10.8. The van der Waals surface area contributed by atoms with Crippen molar-refractivity contribution in [1.82, 2.24) is 0 Å². The van der Waals surface area contributed by atoms with Crippen LogP contribution in [-0.2, 0) is 44.8 Å². The average molecular weight is 661 g/mol. The van der Waals surface area contributed by atoms with Crippen molar-refractivity contribution in [3.05, 3.63) is 91.9 Å².